The van der Waals surface area contributed by atoms with Gasteiger partial charge in [-0.05, 0) is 68.9 Å². The molecule has 1 aliphatic carbocycles. The minimum absolute atomic E-state index is 0.729. The van der Waals surface area contributed by atoms with Gasteiger partial charge in [-0.25, -0.2) is 9.97 Å². The number of rotatable bonds is 5. The Kier molecular flexibility index (Phi) is 5.96. The van der Waals surface area contributed by atoms with E-state index in [2.05, 4.69) is 162 Å². The van der Waals surface area contributed by atoms with Gasteiger partial charge in [0.15, 0.2) is 5.82 Å². The molecular weight excluding hydrogens is 619 g/mol. The third-order valence-corrected chi connectivity index (χ3v) is 10.5. The van der Waals surface area contributed by atoms with Crippen molar-refractivity contribution in [2.24, 2.45) is 0 Å². The predicted molar refractivity (Wildman–Crippen MR) is 212 cm³/mol. The van der Waals surface area contributed by atoms with Gasteiger partial charge in [0.05, 0.1) is 22.2 Å². The van der Waals surface area contributed by atoms with Gasteiger partial charge in [0.25, 0.3) is 0 Å². The van der Waals surface area contributed by atoms with Crippen LogP contribution in [-0.2, 0) is 0 Å². The Morgan fingerprint density at radius 3 is 1.80 bits per heavy atom. The van der Waals surface area contributed by atoms with Crippen molar-refractivity contribution in [3.8, 4) is 61.7 Å². The third kappa shape index (κ3) is 4.19. The summed E-state index contributed by atoms with van der Waals surface area (Å²) in [6.07, 6.45) is 0. The standard InChI is InChI=1S/C48H29N3/c1-3-10-32(11-4-1)37-27-29-42-46-44(37)39-16-9-14-33-24-28-41(45(46)43(33)39)51(42)36-25-22-31(23-26-36)30-18-20-35(21-19-30)48-49-40-17-8-7-15-38(40)47(50-48)34-12-5-2-6-13-34/h1-29H. The lowest BCUT2D eigenvalue weighted by molar-refractivity contribution is 1.18. The topological polar surface area (TPSA) is 30.7 Å². The quantitative estimate of drug-likeness (QED) is 0.186. The first-order valence-electron chi connectivity index (χ1n) is 17.4. The van der Waals surface area contributed by atoms with Crippen molar-refractivity contribution >= 4 is 43.5 Å². The molecule has 0 N–H and O–H groups in total. The minimum Gasteiger partial charge on any atom is -0.309 e. The zero-order chi connectivity index (χ0) is 33.5. The molecule has 11 rings (SSSR count). The largest absolute Gasteiger partial charge is 0.309 e. The Balaban J connectivity index is 0.990. The maximum Gasteiger partial charge on any atom is 0.160 e. The molecular formula is C48H29N3. The third-order valence-electron chi connectivity index (χ3n) is 10.5. The molecule has 236 valence electrons. The van der Waals surface area contributed by atoms with Crippen molar-refractivity contribution in [3.05, 3.63) is 176 Å². The molecule has 0 bridgehead atoms. The van der Waals surface area contributed by atoms with Crippen LogP contribution in [0.25, 0.3) is 105 Å². The van der Waals surface area contributed by atoms with Crippen LogP contribution in [0.5, 0.6) is 0 Å². The molecule has 0 spiro atoms. The summed E-state index contributed by atoms with van der Waals surface area (Å²) in [6.45, 7) is 0. The number of benzene rings is 8. The highest BCUT2D eigenvalue weighted by molar-refractivity contribution is 6.35. The predicted octanol–water partition coefficient (Wildman–Crippen LogP) is 12.5. The molecule has 0 saturated carbocycles. The van der Waals surface area contributed by atoms with Gasteiger partial charge < -0.3 is 4.57 Å². The van der Waals surface area contributed by atoms with Crippen LogP contribution in [0.4, 0.5) is 0 Å². The molecule has 2 aromatic heterocycles. The van der Waals surface area contributed by atoms with Crippen LogP contribution in [0.2, 0.25) is 0 Å². The lowest BCUT2D eigenvalue weighted by Crippen LogP contribution is -1.96. The fraction of sp³-hybridized carbons (Fsp3) is 0. The van der Waals surface area contributed by atoms with Crippen molar-refractivity contribution in [3.63, 3.8) is 0 Å². The first-order chi connectivity index (χ1) is 25.3. The lowest BCUT2D eigenvalue weighted by atomic mass is 9.93. The van der Waals surface area contributed by atoms with Gasteiger partial charge in [-0.15, -0.1) is 0 Å². The number of para-hydroxylation sites is 1. The summed E-state index contributed by atoms with van der Waals surface area (Å²) >= 11 is 0. The molecule has 3 nitrogen and oxygen atoms in total. The minimum atomic E-state index is 0.729. The second-order valence-electron chi connectivity index (χ2n) is 13.4. The van der Waals surface area contributed by atoms with Crippen molar-refractivity contribution in [1.29, 1.82) is 0 Å². The Labute approximate surface area is 294 Å². The van der Waals surface area contributed by atoms with Gasteiger partial charge in [0.2, 0.25) is 0 Å². The van der Waals surface area contributed by atoms with Crippen molar-refractivity contribution in [2.45, 2.75) is 0 Å². The second kappa shape index (κ2) is 10.8. The molecule has 8 aromatic carbocycles. The maximum atomic E-state index is 5.06. The van der Waals surface area contributed by atoms with Gasteiger partial charge in [-0.2, -0.15) is 0 Å². The number of fused-ring (bicyclic) bond motifs is 2. The normalized spacial score (nSPS) is 11.9. The molecule has 0 atom stereocenters. The molecule has 0 saturated heterocycles. The summed E-state index contributed by atoms with van der Waals surface area (Å²) in [5.41, 5.74) is 15.2. The van der Waals surface area contributed by atoms with Crippen molar-refractivity contribution in [2.75, 3.05) is 0 Å². The van der Waals surface area contributed by atoms with Crippen LogP contribution in [0.3, 0.4) is 0 Å². The molecule has 1 aliphatic rings. The highest BCUT2D eigenvalue weighted by atomic mass is 15.0. The summed E-state index contributed by atoms with van der Waals surface area (Å²) in [5.74, 6) is 0.729. The Morgan fingerprint density at radius 1 is 0.373 bits per heavy atom. The SMILES string of the molecule is c1ccc(-c2ccc3c4c2-c2cccc5ccc(c4c25)n3-c2ccc(-c3ccc(-c4nc(-c5ccccc5)c5ccccc5n4)cc3)cc2)cc1. The van der Waals surface area contributed by atoms with Crippen LogP contribution in [-0.4, -0.2) is 14.5 Å². The highest BCUT2D eigenvalue weighted by Crippen LogP contribution is 2.53. The maximum absolute atomic E-state index is 5.06. The number of hydrogen-bond acceptors (Lipinski definition) is 2. The van der Waals surface area contributed by atoms with E-state index in [1.807, 2.05) is 18.2 Å². The van der Waals surface area contributed by atoms with Gasteiger partial charge in [-0.3, -0.25) is 0 Å². The average Bonchev–Trinajstić information content (AvgIpc) is 3.74. The molecule has 0 unspecified atom stereocenters. The molecule has 3 heteroatoms. The molecule has 0 aliphatic heterocycles. The summed E-state index contributed by atoms with van der Waals surface area (Å²) in [5, 5.41) is 6.42. The summed E-state index contributed by atoms with van der Waals surface area (Å²) < 4.78 is 2.44. The highest BCUT2D eigenvalue weighted by Gasteiger charge is 2.27. The Hall–Kier alpha value is -6.84. The van der Waals surface area contributed by atoms with Gasteiger partial charge in [0, 0.05) is 38.5 Å². The fourth-order valence-corrected chi connectivity index (χ4v) is 8.23. The van der Waals surface area contributed by atoms with Gasteiger partial charge in [-0.1, -0.05) is 146 Å². The smallest absolute Gasteiger partial charge is 0.160 e. The molecule has 10 aromatic rings. The molecule has 2 heterocycles. The van der Waals surface area contributed by atoms with Crippen LogP contribution in [0, 0.1) is 0 Å². The fourth-order valence-electron chi connectivity index (χ4n) is 8.23. The van der Waals surface area contributed by atoms with Gasteiger partial charge in [0.1, 0.15) is 0 Å². The van der Waals surface area contributed by atoms with E-state index in [9.17, 15) is 0 Å². The monoisotopic (exact) mass is 647 g/mol. The van der Waals surface area contributed by atoms with Gasteiger partial charge >= 0.3 is 0 Å². The van der Waals surface area contributed by atoms with Crippen molar-refractivity contribution < 1.29 is 0 Å². The van der Waals surface area contributed by atoms with Crippen LogP contribution >= 0.6 is 0 Å². The average molecular weight is 648 g/mol. The van der Waals surface area contributed by atoms with E-state index in [4.69, 9.17) is 9.97 Å². The van der Waals surface area contributed by atoms with E-state index in [-0.39, 0.29) is 0 Å². The zero-order valence-corrected chi connectivity index (χ0v) is 27.6. The summed E-state index contributed by atoms with van der Waals surface area (Å²) in [4.78, 5) is 10.0. The summed E-state index contributed by atoms with van der Waals surface area (Å²) in [6, 6.07) is 62.9. The Bertz CT molecular complexity index is 2980. The lowest BCUT2D eigenvalue weighted by Gasteiger charge is -2.15. The van der Waals surface area contributed by atoms with E-state index in [0.717, 1.165) is 44.8 Å². The van der Waals surface area contributed by atoms with E-state index < -0.39 is 0 Å². The second-order valence-corrected chi connectivity index (χ2v) is 13.4. The first-order valence-corrected chi connectivity index (χ1v) is 17.4. The van der Waals surface area contributed by atoms with Crippen LogP contribution in [0.15, 0.2) is 176 Å². The Morgan fingerprint density at radius 2 is 1.02 bits per heavy atom. The van der Waals surface area contributed by atoms with E-state index in [0.29, 0.717) is 0 Å². The van der Waals surface area contributed by atoms with Crippen molar-refractivity contribution in [1.82, 2.24) is 14.5 Å². The zero-order valence-electron chi connectivity index (χ0n) is 27.6. The number of aromatic nitrogens is 3. The first kappa shape index (κ1) is 28.0. The van der Waals surface area contributed by atoms with E-state index >= 15 is 0 Å². The number of nitrogens with zero attached hydrogens (tertiary/aromatic N) is 3. The van der Waals surface area contributed by atoms with Crippen LogP contribution < -0.4 is 0 Å². The molecule has 51 heavy (non-hydrogen) atoms. The van der Waals surface area contributed by atoms with Crippen LogP contribution in [0.1, 0.15) is 0 Å². The molecule has 0 amide bonds. The number of hydrogen-bond donors (Lipinski definition) is 0. The van der Waals surface area contributed by atoms with E-state index in [1.54, 1.807) is 0 Å². The van der Waals surface area contributed by atoms with E-state index in [1.165, 1.54) is 60.4 Å². The molecule has 0 radical (unpaired) electrons. The molecule has 0 fully saturated rings. The summed E-state index contributed by atoms with van der Waals surface area (Å²) in [7, 11) is 0.